The Morgan fingerprint density at radius 1 is 1.53 bits per heavy atom. The molecule has 0 saturated carbocycles. The highest BCUT2D eigenvalue weighted by Gasteiger charge is 2.18. The van der Waals surface area contributed by atoms with Crippen LogP contribution >= 0.6 is 0 Å². The molecule has 0 amide bonds. The van der Waals surface area contributed by atoms with Crippen LogP contribution in [0.2, 0.25) is 0 Å². The Morgan fingerprint density at radius 3 is 3.20 bits per heavy atom. The lowest BCUT2D eigenvalue weighted by molar-refractivity contribution is 0.178. The van der Waals surface area contributed by atoms with Crippen molar-refractivity contribution in [2.45, 2.75) is 12.8 Å². The molecule has 82 valence electrons. The molecular formula is C12H16FNO. The van der Waals surface area contributed by atoms with E-state index < -0.39 is 0 Å². The third kappa shape index (κ3) is 2.48. The summed E-state index contributed by atoms with van der Waals surface area (Å²) < 4.78 is 18.1. The molecule has 1 atom stereocenters. The molecule has 1 aromatic rings. The van der Waals surface area contributed by atoms with Crippen molar-refractivity contribution in [3.05, 3.63) is 29.6 Å². The minimum absolute atomic E-state index is 0.150. The van der Waals surface area contributed by atoms with E-state index in [0.717, 1.165) is 37.2 Å². The van der Waals surface area contributed by atoms with Crippen LogP contribution in [0.25, 0.3) is 0 Å². The molecule has 0 saturated heterocycles. The number of ether oxygens (including phenoxy) is 1. The lowest BCUT2D eigenvalue weighted by Crippen LogP contribution is -2.24. The number of nitrogens with one attached hydrogen (secondary N) is 1. The van der Waals surface area contributed by atoms with Crippen molar-refractivity contribution in [3.8, 4) is 0 Å². The summed E-state index contributed by atoms with van der Waals surface area (Å²) in [4.78, 5) is 0. The standard InChI is InChI=1S/C12H16FNO/c1-15-5-4-9-6-10-7-11(13)2-3-12(10)14-8-9/h2-3,7,9,14H,4-6,8H2,1H3. The van der Waals surface area contributed by atoms with Crippen LogP contribution in [0.15, 0.2) is 18.2 Å². The molecule has 0 spiro atoms. The summed E-state index contributed by atoms with van der Waals surface area (Å²) in [6.45, 7) is 1.74. The molecule has 1 aliphatic heterocycles. The van der Waals surface area contributed by atoms with Gasteiger partial charge in [0.25, 0.3) is 0 Å². The zero-order valence-corrected chi connectivity index (χ0v) is 8.92. The van der Waals surface area contributed by atoms with Gasteiger partial charge in [-0.2, -0.15) is 0 Å². The van der Waals surface area contributed by atoms with Gasteiger partial charge in [-0.15, -0.1) is 0 Å². The fourth-order valence-electron chi connectivity index (χ4n) is 2.03. The van der Waals surface area contributed by atoms with E-state index >= 15 is 0 Å². The Hall–Kier alpha value is -1.09. The molecule has 1 N–H and O–H groups in total. The first-order chi connectivity index (χ1) is 7.29. The van der Waals surface area contributed by atoms with Gasteiger partial charge in [0.15, 0.2) is 0 Å². The number of halogens is 1. The third-order valence-electron chi connectivity index (χ3n) is 2.89. The molecule has 1 aromatic carbocycles. The Kier molecular flexibility index (Phi) is 3.21. The number of benzene rings is 1. The molecule has 0 radical (unpaired) electrons. The van der Waals surface area contributed by atoms with E-state index in [2.05, 4.69) is 5.32 Å². The maximum Gasteiger partial charge on any atom is 0.123 e. The van der Waals surface area contributed by atoms with Crippen LogP contribution in [0.3, 0.4) is 0 Å². The normalized spacial score (nSPS) is 19.5. The second-order valence-corrected chi connectivity index (χ2v) is 4.03. The molecule has 0 fully saturated rings. The molecule has 15 heavy (non-hydrogen) atoms. The average Bonchev–Trinajstić information content (AvgIpc) is 2.25. The summed E-state index contributed by atoms with van der Waals surface area (Å²) in [6, 6.07) is 4.94. The summed E-state index contributed by atoms with van der Waals surface area (Å²) in [5.74, 6) is 0.405. The van der Waals surface area contributed by atoms with Crippen molar-refractivity contribution in [2.24, 2.45) is 5.92 Å². The SMILES string of the molecule is COCCC1CNc2ccc(F)cc2C1. The lowest BCUT2D eigenvalue weighted by atomic mass is 9.92. The van der Waals surface area contributed by atoms with Gasteiger partial charge in [-0.1, -0.05) is 0 Å². The third-order valence-corrected chi connectivity index (χ3v) is 2.89. The van der Waals surface area contributed by atoms with Crippen LogP contribution in [-0.4, -0.2) is 20.3 Å². The highest BCUT2D eigenvalue weighted by atomic mass is 19.1. The van der Waals surface area contributed by atoms with Crippen molar-refractivity contribution in [1.82, 2.24) is 0 Å². The summed E-state index contributed by atoms with van der Waals surface area (Å²) in [7, 11) is 1.71. The number of anilines is 1. The number of fused-ring (bicyclic) bond motifs is 1. The van der Waals surface area contributed by atoms with Gasteiger partial charge in [0.1, 0.15) is 5.82 Å². The predicted molar refractivity (Wildman–Crippen MR) is 58.6 cm³/mol. The van der Waals surface area contributed by atoms with E-state index in [1.165, 1.54) is 6.07 Å². The van der Waals surface area contributed by atoms with Gasteiger partial charge in [-0.3, -0.25) is 0 Å². The van der Waals surface area contributed by atoms with Gasteiger partial charge in [-0.05, 0) is 42.5 Å². The summed E-state index contributed by atoms with van der Waals surface area (Å²) in [5.41, 5.74) is 2.16. The molecule has 1 aliphatic rings. The summed E-state index contributed by atoms with van der Waals surface area (Å²) in [5, 5.41) is 3.33. The van der Waals surface area contributed by atoms with Crippen LogP contribution in [0.5, 0.6) is 0 Å². The summed E-state index contributed by atoms with van der Waals surface area (Å²) in [6.07, 6.45) is 1.98. The summed E-state index contributed by atoms with van der Waals surface area (Å²) >= 11 is 0. The van der Waals surface area contributed by atoms with Gasteiger partial charge in [-0.25, -0.2) is 4.39 Å². The Labute approximate surface area is 89.4 Å². The van der Waals surface area contributed by atoms with Crippen LogP contribution in [0.1, 0.15) is 12.0 Å². The van der Waals surface area contributed by atoms with Crippen molar-refractivity contribution >= 4 is 5.69 Å². The van der Waals surface area contributed by atoms with E-state index in [0.29, 0.717) is 5.92 Å². The first-order valence-corrected chi connectivity index (χ1v) is 5.31. The fraction of sp³-hybridized carbons (Fsp3) is 0.500. The van der Waals surface area contributed by atoms with Crippen LogP contribution in [0, 0.1) is 11.7 Å². The number of methoxy groups -OCH3 is 1. The molecule has 2 rings (SSSR count). The smallest absolute Gasteiger partial charge is 0.123 e. The van der Waals surface area contributed by atoms with E-state index in [1.54, 1.807) is 13.2 Å². The molecule has 2 nitrogen and oxygen atoms in total. The first-order valence-electron chi connectivity index (χ1n) is 5.31. The molecule has 3 heteroatoms. The molecular weight excluding hydrogens is 193 g/mol. The maximum atomic E-state index is 13.0. The minimum Gasteiger partial charge on any atom is -0.385 e. The maximum absolute atomic E-state index is 13.0. The van der Waals surface area contributed by atoms with E-state index in [1.807, 2.05) is 6.07 Å². The monoisotopic (exact) mass is 209 g/mol. The largest absolute Gasteiger partial charge is 0.385 e. The zero-order chi connectivity index (χ0) is 10.7. The minimum atomic E-state index is -0.150. The average molecular weight is 209 g/mol. The lowest BCUT2D eigenvalue weighted by Gasteiger charge is -2.25. The predicted octanol–water partition coefficient (Wildman–Crippen LogP) is 2.45. The van der Waals surface area contributed by atoms with Gasteiger partial charge >= 0.3 is 0 Å². The van der Waals surface area contributed by atoms with Crippen molar-refractivity contribution in [1.29, 1.82) is 0 Å². The van der Waals surface area contributed by atoms with Crippen LogP contribution < -0.4 is 5.32 Å². The van der Waals surface area contributed by atoms with E-state index in [9.17, 15) is 4.39 Å². The van der Waals surface area contributed by atoms with E-state index in [4.69, 9.17) is 4.74 Å². The molecule has 1 unspecified atom stereocenters. The molecule has 1 heterocycles. The van der Waals surface area contributed by atoms with Gasteiger partial charge in [0.05, 0.1) is 0 Å². The Morgan fingerprint density at radius 2 is 2.40 bits per heavy atom. The second-order valence-electron chi connectivity index (χ2n) is 4.03. The van der Waals surface area contributed by atoms with Crippen LogP contribution in [0.4, 0.5) is 10.1 Å². The molecule has 0 aliphatic carbocycles. The highest BCUT2D eigenvalue weighted by Crippen LogP contribution is 2.26. The Bertz CT molecular complexity index is 340. The van der Waals surface area contributed by atoms with Crippen molar-refractivity contribution < 1.29 is 9.13 Å². The fourth-order valence-corrected chi connectivity index (χ4v) is 2.03. The number of hydrogen-bond acceptors (Lipinski definition) is 2. The van der Waals surface area contributed by atoms with Crippen molar-refractivity contribution in [2.75, 3.05) is 25.6 Å². The van der Waals surface area contributed by atoms with Gasteiger partial charge in [0.2, 0.25) is 0 Å². The molecule has 0 aromatic heterocycles. The quantitative estimate of drug-likeness (QED) is 0.825. The highest BCUT2D eigenvalue weighted by molar-refractivity contribution is 5.53. The topological polar surface area (TPSA) is 21.3 Å². The van der Waals surface area contributed by atoms with Crippen LogP contribution in [-0.2, 0) is 11.2 Å². The molecule has 0 bridgehead atoms. The second kappa shape index (κ2) is 4.62. The van der Waals surface area contributed by atoms with Gasteiger partial charge < -0.3 is 10.1 Å². The van der Waals surface area contributed by atoms with Gasteiger partial charge in [0, 0.05) is 25.9 Å². The van der Waals surface area contributed by atoms with Crippen molar-refractivity contribution in [3.63, 3.8) is 0 Å². The number of rotatable bonds is 3. The number of hydrogen-bond donors (Lipinski definition) is 1. The van der Waals surface area contributed by atoms with E-state index in [-0.39, 0.29) is 5.82 Å². The Balaban J connectivity index is 2.05. The first kappa shape index (κ1) is 10.4. The zero-order valence-electron chi connectivity index (χ0n) is 8.92.